The van der Waals surface area contributed by atoms with Crippen molar-refractivity contribution in [3.63, 3.8) is 0 Å². The Hall–Kier alpha value is -0.420. The van der Waals surface area contributed by atoms with Crippen molar-refractivity contribution in [1.82, 2.24) is 0 Å². The van der Waals surface area contributed by atoms with Gasteiger partial charge in [-0.25, -0.2) is 0 Å². The molecule has 4 aliphatic rings. The molecular formula is C28H48O4. The van der Waals surface area contributed by atoms with E-state index in [1.807, 2.05) is 0 Å². The van der Waals surface area contributed by atoms with Crippen LogP contribution in [-0.4, -0.2) is 45.3 Å². The van der Waals surface area contributed by atoms with E-state index < -0.39 is 0 Å². The highest BCUT2D eigenvalue weighted by Gasteiger charge is 2.64. The maximum Gasteiger partial charge on any atom is 0.0579 e. The normalized spacial score (nSPS) is 51.5. The molecule has 4 rings (SSSR count). The third-order valence-corrected chi connectivity index (χ3v) is 11.2. The number of aliphatic hydroxyl groups is 4. The molecule has 4 nitrogen and oxygen atoms in total. The Morgan fingerprint density at radius 2 is 1.53 bits per heavy atom. The topological polar surface area (TPSA) is 80.9 Å². The molecule has 0 spiro atoms. The second-order valence-corrected chi connectivity index (χ2v) is 12.9. The highest BCUT2D eigenvalue weighted by Crippen LogP contribution is 2.68. The van der Waals surface area contributed by atoms with Gasteiger partial charge in [0.2, 0.25) is 0 Å². The number of allylic oxidation sites excluding steroid dienone is 2. The third-order valence-electron chi connectivity index (χ3n) is 11.2. The Morgan fingerprint density at radius 3 is 2.22 bits per heavy atom. The summed E-state index contributed by atoms with van der Waals surface area (Å²) in [5, 5.41) is 42.3. The fourth-order valence-corrected chi connectivity index (χ4v) is 9.05. The van der Waals surface area contributed by atoms with Gasteiger partial charge in [-0.05, 0) is 103 Å². The van der Waals surface area contributed by atoms with Crippen LogP contribution in [0, 0.1) is 58.2 Å². The van der Waals surface area contributed by atoms with E-state index >= 15 is 0 Å². The summed E-state index contributed by atoms with van der Waals surface area (Å²) in [5.74, 6) is 2.84. The quantitative estimate of drug-likeness (QED) is 0.470. The lowest BCUT2D eigenvalue weighted by Crippen LogP contribution is -2.59. The summed E-state index contributed by atoms with van der Waals surface area (Å²) in [5.41, 5.74) is 0.190. The molecule has 0 aromatic carbocycles. The van der Waals surface area contributed by atoms with Gasteiger partial charge in [-0.15, -0.1) is 0 Å². The second kappa shape index (κ2) is 8.98. The maximum atomic E-state index is 11.4. The average Bonchev–Trinajstić information content (AvgIpc) is 3.03. The van der Waals surface area contributed by atoms with Gasteiger partial charge in [-0.2, -0.15) is 0 Å². The van der Waals surface area contributed by atoms with Crippen LogP contribution in [0.25, 0.3) is 0 Å². The number of aliphatic hydroxyl groups excluding tert-OH is 4. The van der Waals surface area contributed by atoms with Gasteiger partial charge in [0.15, 0.2) is 0 Å². The molecule has 0 bridgehead atoms. The lowest BCUT2D eigenvalue weighted by atomic mass is 9.43. The van der Waals surface area contributed by atoms with Gasteiger partial charge in [0.25, 0.3) is 0 Å². The van der Waals surface area contributed by atoms with E-state index in [1.165, 1.54) is 6.42 Å². The van der Waals surface area contributed by atoms with E-state index in [2.05, 4.69) is 46.8 Å². The van der Waals surface area contributed by atoms with Crippen molar-refractivity contribution in [3.8, 4) is 0 Å². The Bertz CT molecular complexity index is 693. The highest BCUT2D eigenvalue weighted by atomic mass is 16.3. The molecule has 0 aliphatic heterocycles. The standard InChI is InChI=1S/C28H48O4/c1-16(18(3)15-29)6-7-17(2)22-14-25(32)26-20-13-24(31)23-12-19(30)8-10-27(23,4)21(20)9-11-28(22,26)5/h6-7,16-26,29-32H,8-15H2,1-5H3/b7-6+/t16?,17?,18?,19-,20?,21?,22?,23?,24?,25+,26?,27+,28+/m0/s1. The summed E-state index contributed by atoms with van der Waals surface area (Å²) in [6.07, 6.45) is 10.3. The van der Waals surface area contributed by atoms with Crippen LogP contribution in [0.2, 0.25) is 0 Å². The van der Waals surface area contributed by atoms with Gasteiger partial charge >= 0.3 is 0 Å². The molecular weight excluding hydrogens is 400 g/mol. The molecule has 4 heteroatoms. The van der Waals surface area contributed by atoms with Gasteiger partial charge in [0, 0.05) is 6.61 Å². The molecule has 4 saturated carbocycles. The SMILES string of the molecule is CC(/C=C/C(C)C1C[C@@H](O)C2C3CC(O)C4C[C@@H](O)CC[C@]4(C)C3CC[C@]12C)C(C)CO. The first-order chi connectivity index (χ1) is 15.0. The van der Waals surface area contributed by atoms with E-state index in [0.29, 0.717) is 29.6 Å². The van der Waals surface area contributed by atoms with Gasteiger partial charge in [0.1, 0.15) is 0 Å². The molecule has 0 heterocycles. The minimum atomic E-state index is -0.358. The molecule has 0 amide bonds. The van der Waals surface area contributed by atoms with Crippen molar-refractivity contribution in [2.45, 2.75) is 97.9 Å². The zero-order chi connectivity index (χ0) is 23.4. The fourth-order valence-electron chi connectivity index (χ4n) is 9.05. The molecule has 0 aromatic heterocycles. The molecule has 0 radical (unpaired) electrons. The Balaban J connectivity index is 1.56. The molecule has 4 aliphatic carbocycles. The van der Waals surface area contributed by atoms with Gasteiger partial charge in [0.05, 0.1) is 18.3 Å². The first kappa shape index (κ1) is 24.7. The van der Waals surface area contributed by atoms with Crippen LogP contribution in [0.4, 0.5) is 0 Å². The fraction of sp³-hybridized carbons (Fsp3) is 0.929. The number of hydrogen-bond acceptors (Lipinski definition) is 4. The van der Waals surface area contributed by atoms with Crippen LogP contribution < -0.4 is 0 Å². The van der Waals surface area contributed by atoms with Gasteiger partial charge in [-0.1, -0.05) is 46.8 Å². The zero-order valence-corrected chi connectivity index (χ0v) is 21.0. The van der Waals surface area contributed by atoms with Gasteiger partial charge < -0.3 is 20.4 Å². The Morgan fingerprint density at radius 1 is 0.844 bits per heavy atom. The van der Waals surface area contributed by atoms with Crippen LogP contribution >= 0.6 is 0 Å². The minimum absolute atomic E-state index is 0.0854. The van der Waals surface area contributed by atoms with Crippen molar-refractivity contribution < 1.29 is 20.4 Å². The van der Waals surface area contributed by atoms with Gasteiger partial charge in [-0.3, -0.25) is 0 Å². The number of fused-ring (bicyclic) bond motifs is 5. The van der Waals surface area contributed by atoms with E-state index in [0.717, 1.165) is 38.5 Å². The van der Waals surface area contributed by atoms with Crippen molar-refractivity contribution >= 4 is 0 Å². The summed E-state index contributed by atoms with van der Waals surface area (Å²) in [7, 11) is 0. The molecule has 4 fully saturated rings. The molecule has 9 unspecified atom stereocenters. The van der Waals surface area contributed by atoms with E-state index in [4.69, 9.17) is 0 Å². The van der Waals surface area contributed by atoms with E-state index in [-0.39, 0.29) is 53.5 Å². The second-order valence-electron chi connectivity index (χ2n) is 12.9. The van der Waals surface area contributed by atoms with E-state index in [1.54, 1.807) is 0 Å². The van der Waals surface area contributed by atoms with Crippen LogP contribution in [-0.2, 0) is 0 Å². The first-order valence-corrected chi connectivity index (χ1v) is 13.4. The lowest BCUT2D eigenvalue weighted by molar-refractivity contribution is -0.180. The summed E-state index contributed by atoms with van der Waals surface area (Å²) < 4.78 is 0. The zero-order valence-electron chi connectivity index (χ0n) is 21.0. The average molecular weight is 449 g/mol. The monoisotopic (exact) mass is 448 g/mol. The number of hydrogen-bond donors (Lipinski definition) is 4. The van der Waals surface area contributed by atoms with Crippen LogP contribution in [0.5, 0.6) is 0 Å². The summed E-state index contributed by atoms with van der Waals surface area (Å²) in [4.78, 5) is 0. The molecule has 0 saturated heterocycles. The maximum absolute atomic E-state index is 11.4. The summed E-state index contributed by atoms with van der Waals surface area (Å²) in [6, 6.07) is 0. The van der Waals surface area contributed by atoms with E-state index in [9.17, 15) is 20.4 Å². The van der Waals surface area contributed by atoms with Crippen molar-refractivity contribution in [2.24, 2.45) is 58.2 Å². The largest absolute Gasteiger partial charge is 0.396 e. The van der Waals surface area contributed by atoms with Crippen LogP contribution in [0.3, 0.4) is 0 Å². The predicted octanol–water partition coefficient (Wildman–Crippen LogP) is 4.40. The van der Waals surface area contributed by atoms with Crippen molar-refractivity contribution in [1.29, 1.82) is 0 Å². The molecule has 4 N–H and O–H groups in total. The van der Waals surface area contributed by atoms with Crippen LogP contribution in [0.15, 0.2) is 12.2 Å². The van der Waals surface area contributed by atoms with Crippen LogP contribution in [0.1, 0.15) is 79.6 Å². The molecule has 0 aromatic rings. The first-order valence-electron chi connectivity index (χ1n) is 13.4. The lowest BCUT2D eigenvalue weighted by Gasteiger charge is -2.62. The van der Waals surface area contributed by atoms with Crippen molar-refractivity contribution in [3.05, 3.63) is 12.2 Å². The Labute approximate surface area is 195 Å². The number of rotatable bonds is 5. The molecule has 13 atom stereocenters. The Kier molecular flexibility index (Phi) is 6.93. The molecule has 184 valence electrons. The minimum Gasteiger partial charge on any atom is -0.396 e. The predicted molar refractivity (Wildman–Crippen MR) is 128 cm³/mol. The third kappa shape index (κ3) is 3.91. The summed E-state index contributed by atoms with van der Waals surface area (Å²) >= 11 is 0. The van der Waals surface area contributed by atoms with Crippen molar-refractivity contribution in [2.75, 3.05) is 6.61 Å². The smallest absolute Gasteiger partial charge is 0.0579 e. The highest BCUT2D eigenvalue weighted by molar-refractivity contribution is 5.14. The molecule has 32 heavy (non-hydrogen) atoms. The summed E-state index contributed by atoms with van der Waals surface area (Å²) in [6.45, 7) is 11.6.